The van der Waals surface area contributed by atoms with Crippen molar-refractivity contribution in [1.82, 2.24) is 14.7 Å². The van der Waals surface area contributed by atoms with Crippen molar-refractivity contribution in [3.8, 4) is 0 Å². The summed E-state index contributed by atoms with van der Waals surface area (Å²) in [4.78, 5) is 49.8. The van der Waals surface area contributed by atoms with Gasteiger partial charge in [0.2, 0.25) is 5.91 Å². The fraction of sp³-hybridized carbons (Fsp3) is 0.143. The summed E-state index contributed by atoms with van der Waals surface area (Å²) in [5, 5.41) is 18.2. The molecule has 1 N–H and O–H groups in total. The molecule has 0 saturated heterocycles. The first-order chi connectivity index (χ1) is 14.9. The molecule has 2 heterocycles. The van der Waals surface area contributed by atoms with Gasteiger partial charge in [0.15, 0.2) is 0 Å². The highest BCUT2D eigenvalue weighted by molar-refractivity contribution is 6.24. The van der Waals surface area contributed by atoms with Gasteiger partial charge >= 0.3 is 0 Å². The number of benzene rings is 2. The number of hydrogen-bond acceptors (Lipinski definition) is 6. The maximum Gasteiger partial charge on any atom is 0.282 e. The van der Waals surface area contributed by atoms with Gasteiger partial charge in [-0.15, -0.1) is 0 Å². The first-order valence-electron chi connectivity index (χ1n) is 9.40. The molecule has 0 spiro atoms. The highest BCUT2D eigenvalue weighted by atomic mass is 16.6. The van der Waals surface area contributed by atoms with Gasteiger partial charge < -0.3 is 5.32 Å². The quantitative estimate of drug-likeness (QED) is 0.371. The minimum absolute atomic E-state index is 0.0852. The van der Waals surface area contributed by atoms with E-state index >= 15 is 0 Å². The molecule has 0 bridgehead atoms. The van der Waals surface area contributed by atoms with Crippen LogP contribution < -0.4 is 5.32 Å². The number of carbonyl (C=O) groups excluding carboxylic acids is 3. The highest BCUT2D eigenvalue weighted by Crippen LogP contribution is 2.32. The summed E-state index contributed by atoms with van der Waals surface area (Å²) in [6.07, 6.45) is 3.43. The summed E-state index contributed by atoms with van der Waals surface area (Å²) in [5.74, 6) is -2.19. The minimum Gasteiger partial charge on any atom is -0.324 e. The molecule has 0 fully saturated rings. The fourth-order valence-electron chi connectivity index (χ4n) is 3.49. The molecule has 31 heavy (non-hydrogen) atoms. The lowest BCUT2D eigenvalue weighted by atomic mass is 10.1. The molecule has 3 aromatic rings. The first kappa shape index (κ1) is 20.0. The summed E-state index contributed by atoms with van der Waals surface area (Å²) in [5.41, 5.74) is 0.451. The number of para-hydroxylation sites is 1. The molecule has 0 aliphatic carbocycles. The Balaban J connectivity index is 1.57. The fourth-order valence-corrected chi connectivity index (χ4v) is 3.49. The standard InChI is InChI=1S/C21H17N5O5/c1-13(25-20(28)15-7-4-9-17(26(30)31)18(15)21(25)29)19(27)23-16-8-3-2-6-14(16)12-24-11-5-10-22-24/h2-11,13H,12H2,1H3,(H,23,27). The van der Waals surface area contributed by atoms with Gasteiger partial charge in [-0.25, -0.2) is 0 Å². The van der Waals surface area contributed by atoms with Crippen molar-refractivity contribution in [1.29, 1.82) is 0 Å². The van der Waals surface area contributed by atoms with Crippen LogP contribution in [0.15, 0.2) is 60.9 Å². The SMILES string of the molecule is CC(C(=O)Nc1ccccc1Cn1cccn1)N1C(=O)c2cccc([N+](=O)[O-])c2C1=O. The molecule has 1 aromatic heterocycles. The molecule has 3 amide bonds. The number of carbonyl (C=O) groups is 3. The van der Waals surface area contributed by atoms with Crippen molar-refractivity contribution < 1.29 is 19.3 Å². The van der Waals surface area contributed by atoms with E-state index in [1.54, 1.807) is 35.3 Å². The van der Waals surface area contributed by atoms with Crippen LogP contribution in [0.1, 0.15) is 33.2 Å². The number of nitro groups is 1. The summed E-state index contributed by atoms with van der Waals surface area (Å²) >= 11 is 0. The zero-order valence-corrected chi connectivity index (χ0v) is 16.4. The van der Waals surface area contributed by atoms with Crippen molar-refractivity contribution in [2.75, 3.05) is 5.32 Å². The predicted octanol–water partition coefficient (Wildman–Crippen LogP) is 2.46. The van der Waals surface area contributed by atoms with Gasteiger partial charge in [0, 0.05) is 24.1 Å². The molecule has 1 aliphatic heterocycles. The van der Waals surface area contributed by atoms with Crippen molar-refractivity contribution in [3.63, 3.8) is 0 Å². The second-order valence-electron chi connectivity index (χ2n) is 6.96. The molecule has 4 rings (SSSR count). The number of anilines is 1. The lowest BCUT2D eigenvalue weighted by Crippen LogP contribution is -2.45. The summed E-state index contributed by atoms with van der Waals surface area (Å²) in [6.45, 7) is 1.82. The third-order valence-electron chi connectivity index (χ3n) is 5.05. The summed E-state index contributed by atoms with van der Waals surface area (Å²) < 4.78 is 1.69. The normalized spacial score (nSPS) is 13.8. The van der Waals surface area contributed by atoms with Gasteiger partial charge in [-0.1, -0.05) is 24.3 Å². The average Bonchev–Trinajstić information content (AvgIpc) is 3.35. The zero-order chi connectivity index (χ0) is 22.1. The second kappa shape index (κ2) is 7.82. The van der Waals surface area contributed by atoms with Gasteiger partial charge in [0.25, 0.3) is 17.5 Å². The Labute approximate surface area is 176 Å². The Bertz CT molecular complexity index is 1200. The third kappa shape index (κ3) is 3.54. The van der Waals surface area contributed by atoms with E-state index in [0.29, 0.717) is 12.2 Å². The lowest BCUT2D eigenvalue weighted by molar-refractivity contribution is -0.385. The molecular formula is C21H17N5O5. The molecule has 0 saturated carbocycles. The molecule has 2 aromatic carbocycles. The number of rotatable bonds is 6. The Kier molecular flexibility index (Phi) is 5.04. The van der Waals surface area contributed by atoms with Crippen LogP contribution in [0.4, 0.5) is 11.4 Å². The van der Waals surface area contributed by atoms with E-state index in [0.717, 1.165) is 16.5 Å². The smallest absolute Gasteiger partial charge is 0.282 e. The van der Waals surface area contributed by atoms with Crippen LogP contribution in [-0.2, 0) is 11.3 Å². The molecule has 1 unspecified atom stereocenters. The molecule has 0 radical (unpaired) electrons. The van der Waals surface area contributed by atoms with Crippen LogP contribution in [0.5, 0.6) is 0 Å². The number of aromatic nitrogens is 2. The van der Waals surface area contributed by atoms with E-state index in [1.165, 1.54) is 19.1 Å². The Morgan fingerprint density at radius 1 is 1.13 bits per heavy atom. The van der Waals surface area contributed by atoms with Crippen molar-refractivity contribution in [2.45, 2.75) is 19.5 Å². The van der Waals surface area contributed by atoms with E-state index < -0.39 is 34.4 Å². The van der Waals surface area contributed by atoms with Crippen LogP contribution in [0.2, 0.25) is 0 Å². The van der Waals surface area contributed by atoms with E-state index in [1.807, 2.05) is 12.1 Å². The number of nitrogens with one attached hydrogen (secondary N) is 1. The van der Waals surface area contributed by atoms with Crippen molar-refractivity contribution in [2.24, 2.45) is 0 Å². The van der Waals surface area contributed by atoms with Crippen LogP contribution >= 0.6 is 0 Å². The molecule has 1 atom stereocenters. The minimum atomic E-state index is -1.18. The zero-order valence-electron chi connectivity index (χ0n) is 16.4. The maximum absolute atomic E-state index is 12.9. The number of nitrogens with zero attached hydrogens (tertiary/aromatic N) is 4. The Morgan fingerprint density at radius 2 is 1.90 bits per heavy atom. The van der Waals surface area contributed by atoms with Gasteiger partial charge in [0.1, 0.15) is 11.6 Å². The number of fused-ring (bicyclic) bond motifs is 1. The number of imide groups is 1. The molecule has 156 valence electrons. The van der Waals surface area contributed by atoms with Gasteiger partial charge in [-0.3, -0.25) is 34.1 Å². The van der Waals surface area contributed by atoms with Crippen LogP contribution in [0, 0.1) is 10.1 Å². The lowest BCUT2D eigenvalue weighted by Gasteiger charge is -2.22. The van der Waals surface area contributed by atoms with Crippen LogP contribution in [0.25, 0.3) is 0 Å². The van der Waals surface area contributed by atoms with Crippen LogP contribution in [-0.4, -0.2) is 43.4 Å². The van der Waals surface area contributed by atoms with Crippen molar-refractivity contribution in [3.05, 3.63) is 87.7 Å². The second-order valence-corrected chi connectivity index (χ2v) is 6.96. The Morgan fingerprint density at radius 3 is 2.61 bits per heavy atom. The van der Waals surface area contributed by atoms with E-state index in [2.05, 4.69) is 10.4 Å². The topological polar surface area (TPSA) is 127 Å². The maximum atomic E-state index is 12.9. The number of hydrogen-bond donors (Lipinski definition) is 1. The summed E-state index contributed by atoms with van der Waals surface area (Å²) in [6, 6.07) is 11.5. The van der Waals surface area contributed by atoms with Gasteiger partial charge in [-0.05, 0) is 30.7 Å². The summed E-state index contributed by atoms with van der Waals surface area (Å²) in [7, 11) is 0. The predicted molar refractivity (Wildman–Crippen MR) is 109 cm³/mol. The van der Waals surface area contributed by atoms with Gasteiger partial charge in [0.05, 0.1) is 17.0 Å². The number of nitro benzene ring substituents is 1. The largest absolute Gasteiger partial charge is 0.324 e. The number of amides is 3. The third-order valence-corrected chi connectivity index (χ3v) is 5.05. The molecule has 1 aliphatic rings. The molecule has 10 heteroatoms. The molecule has 10 nitrogen and oxygen atoms in total. The van der Waals surface area contributed by atoms with E-state index in [-0.39, 0.29) is 11.1 Å². The van der Waals surface area contributed by atoms with Gasteiger partial charge in [-0.2, -0.15) is 5.10 Å². The average molecular weight is 419 g/mol. The highest BCUT2D eigenvalue weighted by Gasteiger charge is 2.44. The van der Waals surface area contributed by atoms with E-state index in [4.69, 9.17) is 0 Å². The Hall–Kier alpha value is -4.34. The van der Waals surface area contributed by atoms with Crippen molar-refractivity contribution >= 4 is 29.1 Å². The van der Waals surface area contributed by atoms with E-state index in [9.17, 15) is 24.5 Å². The first-order valence-corrected chi connectivity index (χ1v) is 9.40. The van der Waals surface area contributed by atoms with Crippen LogP contribution in [0.3, 0.4) is 0 Å². The molecular weight excluding hydrogens is 402 g/mol. The monoisotopic (exact) mass is 419 g/mol.